The minimum Gasteiger partial charge on any atom is -0.433 e. The second-order valence-corrected chi connectivity index (χ2v) is 15.7. The van der Waals surface area contributed by atoms with Crippen LogP contribution in [0, 0.1) is 10.8 Å². The van der Waals surface area contributed by atoms with Crippen molar-refractivity contribution in [2.24, 2.45) is 10.8 Å². The standard InChI is InChI=1S/C42H58O12/c1-9-11-13-15-17-19-33(43)29-21-23-35(51-39(47)49-27-41(3,4)5)31(25-29)37(45)53-54-38(46)32-26-30(34(44)20-18-16-14-12-10-2)22-24-36(32)52-40(48)50-28-42(6,7)8/h21-26H,9-20,27-28H2,1-8H3. The minimum atomic E-state index is -1.27. The fourth-order valence-corrected chi connectivity index (χ4v) is 4.93. The van der Waals surface area contributed by atoms with Gasteiger partial charge in [0.25, 0.3) is 0 Å². The van der Waals surface area contributed by atoms with Gasteiger partial charge in [0.2, 0.25) is 0 Å². The molecule has 12 nitrogen and oxygen atoms in total. The highest BCUT2D eigenvalue weighted by molar-refractivity contribution is 6.02. The molecule has 0 amide bonds. The predicted octanol–water partition coefficient (Wildman–Crippen LogP) is 10.8. The predicted molar refractivity (Wildman–Crippen MR) is 202 cm³/mol. The minimum absolute atomic E-state index is 0.0202. The average Bonchev–Trinajstić information content (AvgIpc) is 3.11. The van der Waals surface area contributed by atoms with Gasteiger partial charge in [-0.3, -0.25) is 9.59 Å². The molecule has 2 aromatic rings. The topological polar surface area (TPSA) is 158 Å². The molecule has 0 N–H and O–H groups in total. The zero-order chi connectivity index (χ0) is 40.3. The number of benzene rings is 2. The van der Waals surface area contributed by atoms with Crippen molar-refractivity contribution in [1.29, 1.82) is 0 Å². The van der Waals surface area contributed by atoms with Crippen LogP contribution in [-0.4, -0.2) is 49.0 Å². The zero-order valence-corrected chi connectivity index (χ0v) is 33.3. The van der Waals surface area contributed by atoms with E-state index in [1.54, 1.807) is 0 Å². The van der Waals surface area contributed by atoms with Crippen LogP contribution in [0.1, 0.15) is 174 Å². The molecular weight excluding hydrogens is 696 g/mol. The first-order valence-corrected chi connectivity index (χ1v) is 18.9. The molecule has 0 aliphatic rings. The van der Waals surface area contributed by atoms with Crippen LogP contribution >= 0.6 is 0 Å². The van der Waals surface area contributed by atoms with Crippen molar-refractivity contribution in [3.8, 4) is 11.5 Å². The van der Waals surface area contributed by atoms with Crippen molar-refractivity contribution >= 4 is 35.8 Å². The van der Waals surface area contributed by atoms with Gasteiger partial charge in [0.15, 0.2) is 11.6 Å². The lowest BCUT2D eigenvalue weighted by atomic mass is 9.99. The highest BCUT2D eigenvalue weighted by atomic mass is 17.2. The van der Waals surface area contributed by atoms with Gasteiger partial charge in [-0.15, -0.1) is 0 Å². The third-order valence-electron chi connectivity index (χ3n) is 7.88. The second kappa shape index (κ2) is 22.5. The smallest absolute Gasteiger partial charge is 0.433 e. The molecular formula is C42H58O12. The summed E-state index contributed by atoms with van der Waals surface area (Å²) in [6.45, 7) is 15.3. The summed E-state index contributed by atoms with van der Waals surface area (Å²) in [5, 5.41) is 0. The number of Topliss-reactive ketones (excluding diaryl/α,β-unsaturated/α-hetero) is 2. The first kappa shape index (κ1) is 45.4. The molecule has 298 valence electrons. The Labute approximate surface area is 319 Å². The van der Waals surface area contributed by atoms with E-state index in [4.69, 9.17) is 28.7 Å². The van der Waals surface area contributed by atoms with E-state index in [0.717, 1.165) is 51.4 Å². The summed E-state index contributed by atoms with van der Waals surface area (Å²) in [6, 6.07) is 7.73. The van der Waals surface area contributed by atoms with Crippen LogP contribution in [-0.2, 0) is 19.2 Å². The third kappa shape index (κ3) is 17.4. The van der Waals surface area contributed by atoms with Gasteiger partial charge >= 0.3 is 24.2 Å². The summed E-state index contributed by atoms with van der Waals surface area (Å²) in [5.41, 5.74) is -1.20. The first-order valence-electron chi connectivity index (χ1n) is 18.9. The molecule has 2 rings (SSSR count). The molecule has 0 aromatic heterocycles. The Morgan fingerprint density at radius 1 is 0.500 bits per heavy atom. The van der Waals surface area contributed by atoms with Crippen LogP contribution in [0.4, 0.5) is 9.59 Å². The van der Waals surface area contributed by atoms with Gasteiger partial charge in [-0.2, -0.15) is 0 Å². The van der Waals surface area contributed by atoms with E-state index < -0.39 is 24.2 Å². The lowest BCUT2D eigenvalue weighted by molar-refractivity contribution is -0.187. The van der Waals surface area contributed by atoms with Crippen molar-refractivity contribution in [3.63, 3.8) is 0 Å². The molecule has 0 aliphatic heterocycles. The maximum Gasteiger partial charge on any atom is 0.513 e. The SMILES string of the molecule is CCCCCCCC(=O)c1ccc(OC(=O)OCC(C)(C)C)c(C(=O)OOC(=O)c2cc(C(=O)CCCCCCC)ccc2OC(=O)OCC(C)(C)C)c1. The van der Waals surface area contributed by atoms with Gasteiger partial charge in [0.05, 0.1) is 13.2 Å². The van der Waals surface area contributed by atoms with Crippen molar-refractivity contribution < 1.29 is 57.5 Å². The summed E-state index contributed by atoms with van der Waals surface area (Å²) < 4.78 is 20.9. The Hall–Kier alpha value is -4.74. The molecule has 0 bridgehead atoms. The Bertz CT molecular complexity index is 1460. The lowest BCUT2D eigenvalue weighted by Gasteiger charge is -2.18. The monoisotopic (exact) mass is 754 g/mol. The quantitative estimate of drug-likeness (QED) is 0.0315. The molecule has 2 aromatic carbocycles. The van der Waals surface area contributed by atoms with E-state index in [1.807, 2.05) is 41.5 Å². The molecule has 0 heterocycles. The van der Waals surface area contributed by atoms with Crippen LogP contribution in [0.25, 0.3) is 0 Å². The number of hydrogen-bond acceptors (Lipinski definition) is 12. The number of hydrogen-bond donors (Lipinski definition) is 0. The van der Waals surface area contributed by atoms with Crippen LogP contribution in [0.15, 0.2) is 36.4 Å². The number of rotatable bonds is 20. The molecule has 0 unspecified atom stereocenters. The average molecular weight is 755 g/mol. The Kier molecular flexibility index (Phi) is 18.9. The van der Waals surface area contributed by atoms with Crippen LogP contribution in [0.3, 0.4) is 0 Å². The fourth-order valence-electron chi connectivity index (χ4n) is 4.93. The second-order valence-electron chi connectivity index (χ2n) is 15.7. The number of unbranched alkanes of at least 4 members (excludes halogenated alkanes) is 8. The lowest BCUT2D eigenvalue weighted by Crippen LogP contribution is -2.22. The fraction of sp³-hybridized carbons (Fsp3) is 0.571. The van der Waals surface area contributed by atoms with Crippen LogP contribution in [0.2, 0.25) is 0 Å². The van der Waals surface area contributed by atoms with E-state index in [9.17, 15) is 28.8 Å². The van der Waals surface area contributed by atoms with Gasteiger partial charge in [0.1, 0.15) is 22.6 Å². The van der Waals surface area contributed by atoms with Gasteiger partial charge in [-0.05, 0) is 60.1 Å². The number of ketones is 2. The largest absolute Gasteiger partial charge is 0.513 e. The van der Waals surface area contributed by atoms with Gasteiger partial charge in [-0.25, -0.2) is 29.0 Å². The van der Waals surface area contributed by atoms with E-state index in [1.165, 1.54) is 36.4 Å². The van der Waals surface area contributed by atoms with Crippen molar-refractivity contribution in [2.45, 2.75) is 132 Å². The molecule has 0 spiro atoms. The molecule has 12 heteroatoms. The van der Waals surface area contributed by atoms with Crippen LogP contribution < -0.4 is 9.47 Å². The number of carbonyl (C=O) groups is 6. The van der Waals surface area contributed by atoms with Gasteiger partial charge < -0.3 is 18.9 Å². The van der Waals surface area contributed by atoms with E-state index in [-0.39, 0.29) is 82.2 Å². The Morgan fingerprint density at radius 2 is 0.852 bits per heavy atom. The molecule has 54 heavy (non-hydrogen) atoms. The number of ether oxygens (including phenoxy) is 4. The molecule has 0 saturated carbocycles. The van der Waals surface area contributed by atoms with Gasteiger partial charge in [0, 0.05) is 24.0 Å². The Morgan fingerprint density at radius 3 is 1.19 bits per heavy atom. The van der Waals surface area contributed by atoms with Crippen molar-refractivity contribution in [3.05, 3.63) is 58.7 Å². The molecule has 0 aliphatic carbocycles. The maximum absolute atomic E-state index is 13.4. The molecule has 0 radical (unpaired) electrons. The maximum atomic E-state index is 13.4. The highest BCUT2D eigenvalue weighted by Gasteiger charge is 2.26. The summed E-state index contributed by atoms with van der Waals surface area (Å²) in [4.78, 5) is 87.8. The number of carbonyl (C=O) groups excluding carboxylic acids is 6. The summed E-state index contributed by atoms with van der Waals surface area (Å²) in [7, 11) is 0. The van der Waals surface area contributed by atoms with E-state index in [2.05, 4.69) is 13.8 Å². The first-order chi connectivity index (χ1) is 25.4. The highest BCUT2D eigenvalue weighted by Crippen LogP contribution is 2.27. The zero-order valence-electron chi connectivity index (χ0n) is 33.3. The third-order valence-corrected chi connectivity index (χ3v) is 7.88. The Balaban J connectivity index is 2.35. The van der Waals surface area contributed by atoms with Crippen LogP contribution in [0.5, 0.6) is 11.5 Å². The van der Waals surface area contributed by atoms with Crippen molar-refractivity contribution in [1.82, 2.24) is 0 Å². The summed E-state index contributed by atoms with van der Waals surface area (Å²) in [5.74, 6) is -3.63. The summed E-state index contributed by atoms with van der Waals surface area (Å²) in [6.07, 6.45) is 7.56. The molecule has 0 atom stereocenters. The normalized spacial score (nSPS) is 11.3. The van der Waals surface area contributed by atoms with E-state index in [0.29, 0.717) is 12.8 Å². The summed E-state index contributed by atoms with van der Waals surface area (Å²) >= 11 is 0. The molecule has 0 fully saturated rings. The van der Waals surface area contributed by atoms with Crippen molar-refractivity contribution in [2.75, 3.05) is 13.2 Å². The molecule has 0 saturated heterocycles. The van der Waals surface area contributed by atoms with E-state index >= 15 is 0 Å². The van der Waals surface area contributed by atoms with Gasteiger partial charge in [-0.1, -0.05) is 107 Å².